The van der Waals surface area contributed by atoms with Gasteiger partial charge in [-0.15, -0.1) is 11.3 Å². The number of hydrogen-bond acceptors (Lipinski definition) is 7. The number of thioether (sulfide) groups is 1. The van der Waals surface area contributed by atoms with Crippen LogP contribution in [0, 0.1) is 0 Å². The molecule has 1 aromatic carbocycles. The highest BCUT2D eigenvalue weighted by Crippen LogP contribution is 2.34. The first-order valence-electron chi connectivity index (χ1n) is 9.71. The molecule has 0 spiro atoms. The smallest absolute Gasteiger partial charge is 0.319 e. The molecular formula is C22H26N2O4S2. The molecule has 2 N–H and O–H groups in total. The van der Waals surface area contributed by atoms with Crippen molar-refractivity contribution in [3.63, 3.8) is 0 Å². The quantitative estimate of drug-likeness (QED) is 0.420. The molecule has 2 aromatic heterocycles. The summed E-state index contributed by atoms with van der Waals surface area (Å²) in [5.74, 6) is 0.0330. The second kappa shape index (κ2) is 10.1. The molecule has 0 saturated carbocycles. The van der Waals surface area contributed by atoms with Crippen LogP contribution in [0.2, 0.25) is 0 Å². The molecule has 0 aliphatic carbocycles. The van der Waals surface area contributed by atoms with Gasteiger partial charge in [-0.25, -0.2) is 4.98 Å². The maximum Gasteiger partial charge on any atom is 0.319 e. The second-order valence-electron chi connectivity index (χ2n) is 7.41. The molecule has 0 bridgehead atoms. The fourth-order valence-electron chi connectivity index (χ4n) is 2.85. The van der Waals surface area contributed by atoms with Crippen LogP contribution >= 0.6 is 23.1 Å². The monoisotopic (exact) mass is 446 g/mol. The van der Waals surface area contributed by atoms with Crippen LogP contribution in [0.5, 0.6) is 0 Å². The van der Waals surface area contributed by atoms with Crippen molar-refractivity contribution in [2.45, 2.75) is 42.3 Å². The van der Waals surface area contributed by atoms with E-state index in [0.717, 1.165) is 40.0 Å². The average molecular weight is 447 g/mol. The average Bonchev–Trinajstić information content (AvgIpc) is 3.37. The van der Waals surface area contributed by atoms with Crippen LogP contribution in [-0.2, 0) is 24.2 Å². The Hall–Kier alpha value is -2.29. The zero-order chi connectivity index (χ0) is 21.6. The van der Waals surface area contributed by atoms with Gasteiger partial charge in [0.05, 0.1) is 18.5 Å². The number of aliphatic hydroxyl groups excluding tert-OH is 1. The van der Waals surface area contributed by atoms with E-state index in [1.54, 1.807) is 20.1 Å². The summed E-state index contributed by atoms with van der Waals surface area (Å²) in [6.45, 7) is 4.90. The molecule has 0 saturated heterocycles. The molecule has 3 rings (SSSR count). The molecule has 160 valence electrons. The third-order valence-corrected chi connectivity index (χ3v) is 6.83. The third-order valence-electron chi connectivity index (χ3n) is 4.65. The highest BCUT2D eigenvalue weighted by molar-refractivity contribution is 8.02. The van der Waals surface area contributed by atoms with Crippen molar-refractivity contribution in [1.29, 1.82) is 0 Å². The molecule has 0 unspecified atom stereocenters. The van der Waals surface area contributed by atoms with E-state index >= 15 is 0 Å². The first-order chi connectivity index (χ1) is 14.4. The first-order valence-corrected chi connectivity index (χ1v) is 11.4. The molecule has 0 atom stereocenters. The standard InChI is InChI=1S/C22H26N2O4S2/c1-22(2,20(26)27)30-21-23-17(15-29-21)9-11-24(14-19-4-3-13-28-19)18-7-5-16(6-8-18)10-12-25/h3-8,13,15,25H,9-12,14H2,1-2H3,(H,26,27). The lowest BCUT2D eigenvalue weighted by Gasteiger charge is -2.24. The van der Waals surface area contributed by atoms with Crippen LogP contribution in [0.25, 0.3) is 0 Å². The van der Waals surface area contributed by atoms with E-state index in [0.29, 0.717) is 13.0 Å². The number of aromatic nitrogens is 1. The van der Waals surface area contributed by atoms with Crippen LogP contribution in [0.3, 0.4) is 0 Å². The zero-order valence-corrected chi connectivity index (χ0v) is 18.7. The Morgan fingerprint density at radius 3 is 2.63 bits per heavy atom. The van der Waals surface area contributed by atoms with Crippen LogP contribution in [0.15, 0.2) is 56.8 Å². The lowest BCUT2D eigenvalue weighted by Crippen LogP contribution is -2.26. The Morgan fingerprint density at radius 2 is 2.00 bits per heavy atom. The Kier molecular flexibility index (Phi) is 7.58. The molecule has 30 heavy (non-hydrogen) atoms. The van der Waals surface area contributed by atoms with Gasteiger partial charge in [0, 0.05) is 30.6 Å². The highest BCUT2D eigenvalue weighted by Gasteiger charge is 2.29. The van der Waals surface area contributed by atoms with Gasteiger partial charge in [-0.05, 0) is 50.1 Å². The minimum atomic E-state index is -0.906. The van der Waals surface area contributed by atoms with Crippen molar-refractivity contribution in [2.75, 3.05) is 18.1 Å². The Labute approximate surface area is 184 Å². The number of thiazole rings is 1. The molecule has 0 aliphatic rings. The summed E-state index contributed by atoms with van der Waals surface area (Å²) in [4.78, 5) is 18.2. The van der Waals surface area contributed by atoms with E-state index in [9.17, 15) is 9.90 Å². The van der Waals surface area contributed by atoms with E-state index in [-0.39, 0.29) is 6.61 Å². The van der Waals surface area contributed by atoms with Crippen molar-refractivity contribution >= 4 is 34.8 Å². The number of carboxylic acid groups (broad SMARTS) is 1. The van der Waals surface area contributed by atoms with E-state index < -0.39 is 10.7 Å². The molecule has 6 nitrogen and oxygen atoms in total. The number of aliphatic hydroxyl groups is 1. The zero-order valence-electron chi connectivity index (χ0n) is 17.1. The number of benzene rings is 1. The van der Waals surface area contributed by atoms with Gasteiger partial charge < -0.3 is 19.5 Å². The topological polar surface area (TPSA) is 86.8 Å². The molecule has 3 aromatic rings. The summed E-state index contributed by atoms with van der Waals surface area (Å²) in [6, 6.07) is 12.0. The molecular weight excluding hydrogens is 420 g/mol. The van der Waals surface area contributed by atoms with Gasteiger partial charge >= 0.3 is 5.97 Å². The Balaban J connectivity index is 1.68. The SMILES string of the molecule is CC(C)(Sc1nc(CCN(Cc2ccco2)c2ccc(CCO)cc2)cs1)C(=O)O. The van der Waals surface area contributed by atoms with Gasteiger partial charge in [-0.3, -0.25) is 4.79 Å². The summed E-state index contributed by atoms with van der Waals surface area (Å²) in [5, 5.41) is 20.4. The van der Waals surface area contributed by atoms with Crippen LogP contribution in [-0.4, -0.2) is 39.1 Å². The number of hydrogen-bond donors (Lipinski definition) is 2. The number of carbonyl (C=O) groups is 1. The maximum absolute atomic E-state index is 11.3. The van der Waals surface area contributed by atoms with Crippen molar-refractivity contribution < 1.29 is 19.4 Å². The van der Waals surface area contributed by atoms with Crippen molar-refractivity contribution in [2.24, 2.45) is 0 Å². The van der Waals surface area contributed by atoms with E-state index in [2.05, 4.69) is 22.0 Å². The minimum absolute atomic E-state index is 0.137. The molecule has 0 aliphatic heterocycles. The minimum Gasteiger partial charge on any atom is -0.480 e. The van der Waals surface area contributed by atoms with Crippen LogP contribution in [0.4, 0.5) is 5.69 Å². The van der Waals surface area contributed by atoms with Crippen molar-refractivity contribution in [3.05, 3.63) is 65.1 Å². The summed E-state index contributed by atoms with van der Waals surface area (Å²) in [7, 11) is 0. The summed E-state index contributed by atoms with van der Waals surface area (Å²) in [5.41, 5.74) is 3.12. The first kappa shape index (κ1) is 22.4. The van der Waals surface area contributed by atoms with Gasteiger partial charge in [0.25, 0.3) is 0 Å². The third kappa shape index (κ3) is 6.10. The number of anilines is 1. The fraction of sp³-hybridized carbons (Fsp3) is 0.364. The summed E-state index contributed by atoms with van der Waals surface area (Å²) in [6.07, 6.45) is 3.06. The molecule has 0 radical (unpaired) electrons. The largest absolute Gasteiger partial charge is 0.480 e. The highest BCUT2D eigenvalue weighted by atomic mass is 32.2. The maximum atomic E-state index is 11.3. The van der Waals surface area contributed by atoms with Gasteiger partial charge in [0.1, 0.15) is 10.5 Å². The van der Waals surface area contributed by atoms with Gasteiger partial charge in [-0.1, -0.05) is 23.9 Å². The molecule has 8 heteroatoms. The normalized spacial score (nSPS) is 11.6. The Morgan fingerprint density at radius 1 is 1.23 bits per heavy atom. The number of furan rings is 1. The number of nitrogens with zero attached hydrogens (tertiary/aromatic N) is 2. The number of carboxylic acids is 1. The predicted octanol–water partition coefficient (Wildman–Crippen LogP) is 4.48. The number of aliphatic carboxylic acids is 1. The van der Waals surface area contributed by atoms with E-state index in [4.69, 9.17) is 9.52 Å². The van der Waals surface area contributed by atoms with Gasteiger partial charge in [-0.2, -0.15) is 0 Å². The summed E-state index contributed by atoms with van der Waals surface area (Å²) < 4.78 is 5.39. The number of rotatable bonds is 11. The van der Waals surface area contributed by atoms with Crippen LogP contribution < -0.4 is 4.90 Å². The van der Waals surface area contributed by atoms with E-state index in [1.165, 1.54) is 23.1 Å². The van der Waals surface area contributed by atoms with Gasteiger partial charge in [0.15, 0.2) is 4.34 Å². The van der Waals surface area contributed by atoms with Crippen molar-refractivity contribution in [1.82, 2.24) is 4.98 Å². The van der Waals surface area contributed by atoms with E-state index in [1.807, 2.05) is 29.6 Å². The van der Waals surface area contributed by atoms with Crippen LogP contribution in [0.1, 0.15) is 30.9 Å². The predicted molar refractivity (Wildman–Crippen MR) is 120 cm³/mol. The fourth-order valence-corrected chi connectivity index (χ4v) is 5.08. The lowest BCUT2D eigenvalue weighted by molar-refractivity contribution is -0.138. The van der Waals surface area contributed by atoms with Crippen molar-refractivity contribution in [3.8, 4) is 0 Å². The molecule has 2 heterocycles. The molecule has 0 fully saturated rings. The Bertz CT molecular complexity index is 936. The summed E-state index contributed by atoms with van der Waals surface area (Å²) >= 11 is 2.76. The molecule has 0 amide bonds. The van der Waals surface area contributed by atoms with Gasteiger partial charge in [0.2, 0.25) is 0 Å². The second-order valence-corrected chi connectivity index (χ2v) is 10.1. The lowest BCUT2D eigenvalue weighted by atomic mass is 10.1.